The highest BCUT2D eigenvalue weighted by atomic mass is 19.4. The monoisotopic (exact) mass is 227 g/mol. The van der Waals surface area contributed by atoms with E-state index in [4.69, 9.17) is 5.11 Å². The molecule has 0 bridgehead atoms. The van der Waals surface area contributed by atoms with Crippen LogP contribution < -0.4 is 0 Å². The van der Waals surface area contributed by atoms with Crippen molar-refractivity contribution in [1.29, 1.82) is 0 Å². The standard InChI is InChI=1S/C10H20F3NO/c1-3-9(4-2)14(7-8-15)6-5-10(11,12)13/h9,15H,3-8H2,1-2H3. The number of aliphatic hydroxyl groups is 1. The van der Waals surface area contributed by atoms with Gasteiger partial charge in [-0.05, 0) is 12.8 Å². The molecule has 0 aliphatic heterocycles. The van der Waals surface area contributed by atoms with Crippen LogP contribution in [0.1, 0.15) is 33.1 Å². The van der Waals surface area contributed by atoms with E-state index in [1.54, 1.807) is 4.90 Å². The lowest BCUT2D eigenvalue weighted by atomic mass is 10.1. The van der Waals surface area contributed by atoms with Crippen molar-refractivity contribution in [1.82, 2.24) is 4.90 Å². The first kappa shape index (κ1) is 14.7. The van der Waals surface area contributed by atoms with E-state index in [1.807, 2.05) is 13.8 Å². The fourth-order valence-corrected chi connectivity index (χ4v) is 1.68. The largest absolute Gasteiger partial charge is 0.395 e. The maximum absolute atomic E-state index is 12.0. The molecule has 0 aliphatic rings. The van der Waals surface area contributed by atoms with Gasteiger partial charge in [0.1, 0.15) is 0 Å². The molecule has 0 saturated carbocycles. The van der Waals surface area contributed by atoms with Gasteiger partial charge in [-0.15, -0.1) is 0 Å². The zero-order chi connectivity index (χ0) is 11.9. The Morgan fingerprint density at radius 2 is 1.67 bits per heavy atom. The minimum atomic E-state index is -4.11. The molecule has 0 unspecified atom stereocenters. The summed E-state index contributed by atoms with van der Waals surface area (Å²) in [5, 5.41) is 8.78. The molecule has 0 rings (SSSR count). The lowest BCUT2D eigenvalue weighted by molar-refractivity contribution is -0.139. The Hall–Kier alpha value is -0.290. The second-order valence-corrected chi connectivity index (χ2v) is 3.60. The first-order valence-electron chi connectivity index (χ1n) is 5.36. The van der Waals surface area contributed by atoms with Crippen LogP contribution in [0.25, 0.3) is 0 Å². The van der Waals surface area contributed by atoms with Gasteiger partial charge in [0.15, 0.2) is 0 Å². The fraction of sp³-hybridized carbons (Fsp3) is 1.00. The summed E-state index contributed by atoms with van der Waals surface area (Å²) in [5.41, 5.74) is 0. The molecule has 0 saturated heterocycles. The van der Waals surface area contributed by atoms with Crippen LogP contribution in [-0.2, 0) is 0 Å². The van der Waals surface area contributed by atoms with Gasteiger partial charge in [0.05, 0.1) is 13.0 Å². The molecule has 0 aromatic carbocycles. The van der Waals surface area contributed by atoms with Gasteiger partial charge >= 0.3 is 6.18 Å². The summed E-state index contributed by atoms with van der Waals surface area (Å²) >= 11 is 0. The Balaban J connectivity index is 4.13. The van der Waals surface area contributed by atoms with E-state index in [-0.39, 0.29) is 19.2 Å². The van der Waals surface area contributed by atoms with E-state index in [2.05, 4.69) is 0 Å². The molecule has 0 radical (unpaired) electrons. The molecule has 1 N–H and O–H groups in total. The summed E-state index contributed by atoms with van der Waals surface area (Å²) in [7, 11) is 0. The average Bonchev–Trinajstić information content (AvgIpc) is 2.14. The Morgan fingerprint density at radius 1 is 1.13 bits per heavy atom. The first-order chi connectivity index (χ1) is 6.94. The lowest BCUT2D eigenvalue weighted by Crippen LogP contribution is -2.38. The third kappa shape index (κ3) is 6.73. The summed E-state index contributed by atoms with van der Waals surface area (Å²) in [6.07, 6.45) is -3.29. The molecule has 0 aromatic heterocycles. The van der Waals surface area contributed by atoms with Gasteiger partial charge in [-0.25, -0.2) is 0 Å². The van der Waals surface area contributed by atoms with Crippen molar-refractivity contribution in [2.24, 2.45) is 0 Å². The lowest BCUT2D eigenvalue weighted by Gasteiger charge is -2.30. The molecule has 5 heteroatoms. The van der Waals surface area contributed by atoms with E-state index in [0.29, 0.717) is 6.54 Å². The predicted molar refractivity (Wildman–Crippen MR) is 53.7 cm³/mol. The molecule has 0 fully saturated rings. The van der Waals surface area contributed by atoms with E-state index >= 15 is 0 Å². The van der Waals surface area contributed by atoms with Gasteiger partial charge < -0.3 is 5.11 Å². The van der Waals surface area contributed by atoms with Crippen molar-refractivity contribution in [2.75, 3.05) is 19.7 Å². The van der Waals surface area contributed by atoms with Crippen LogP contribution in [0.4, 0.5) is 13.2 Å². The van der Waals surface area contributed by atoms with Gasteiger partial charge in [0, 0.05) is 19.1 Å². The highest BCUT2D eigenvalue weighted by Crippen LogP contribution is 2.21. The van der Waals surface area contributed by atoms with Crippen LogP contribution in [0.2, 0.25) is 0 Å². The Morgan fingerprint density at radius 3 is 2.00 bits per heavy atom. The van der Waals surface area contributed by atoms with Crippen LogP contribution in [0.5, 0.6) is 0 Å². The van der Waals surface area contributed by atoms with Crippen molar-refractivity contribution >= 4 is 0 Å². The molecular weight excluding hydrogens is 207 g/mol. The Bertz CT molecular complexity index is 157. The zero-order valence-electron chi connectivity index (χ0n) is 9.35. The smallest absolute Gasteiger partial charge is 0.390 e. The number of aliphatic hydroxyl groups excluding tert-OH is 1. The number of hydrogen-bond donors (Lipinski definition) is 1. The van der Waals surface area contributed by atoms with Crippen molar-refractivity contribution in [3.8, 4) is 0 Å². The molecule has 2 nitrogen and oxygen atoms in total. The molecule has 0 aromatic rings. The minimum Gasteiger partial charge on any atom is -0.395 e. The van der Waals surface area contributed by atoms with Gasteiger partial charge in [-0.1, -0.05) is 13.8 Å². The summed E-state index contributed by atoms with van der Waals surface area (Å²) < 4.78 is 36.1. The molecule has 0 atom stereocenters. The predicted octanol–water partition coefficient (Wildman–Crippen LogP) is 2.42. The number of alkyl halides is 3. The summed E-state index contributed by atoms with van der Waals surface area (Å²) in [5.74, 6) is 0. The summed E-state index contributed by atoms with van der Waals surface area (Å²) in [4.78, 5) is 1.72. The van der Waals surface area contributed by atoms with E-state index in [0.717, 1.165) is 12.8 Å². The number of nitrogens with zero attached hydrogens (tertiary/aromatic N) is 1. The van der Waals surface area contributed by atoms with Gasteiger partial charge in [-0.2, -0.15) is 13.2 Å². The minimum absolute atomic E-state index is 0.0175. The van der Waals surface area contributed by atoms with E-state index in [1.165, 1.54) is 0 Å². The van der Waals surface area contributed by atoms with Crippen LogP contribution >= 0.6 is 0 Å². The van der Waals surface area contributed by atoms with Crippen molar-refractivity contribution in [2.45, 2.75) is 45.3 Å². The van der Waals surface area contributed by atoms with Crippen LogP contribution in [-0.4, -0.2) is 41.9 Å². The normalized spacial score (nSPS) is 12.8. The molecule has 92 valence electrons. The van der Waals surface area contributed by atoms with Crippen molar-refractivity contribution in [3.05, 3.63) is 0 Å². The molecule has 0 aliphatic carbocycles. The van der Waals surface area contributed by atoms with E-state index < -0.39 is 12.6 Å². The topological polar surface area (TPSA) is 23.5 Å². The van der Waals surface area contributed by atoms with Gasteiger partial charge in [0.2, 0.25) is 0 Å². The zero-order valence-corrected chi connectivity index (χ0v) is 9.35. The van der Waals surface area contributed by atoms with Gasteiger partial charge in [-0.3, -0.25) is 4.90 Å². The van der Waals surface area contributed by atoms with Crippen LogP contribution in [0, 0.1) is 0 Å². The second-order valence-electron chi connectivity index (χ2n) is 3.60. The number of hydrogen-bond acceptors (Lipinski definition) is 2. The average molecular weight is 227 g/mol. The first-order valence-corrected chi connectivity index (χ1v) is 5.36. The number of halogens is 3. The number of rotatable bonds is 7. The molecule has 15 heavy (non-hydrogen) atoms. The third-order valence-corrected chi connectivity index (χ3v) is 2.53. The molecule has 0 amide bonds. The highest BCUT2D eigenvalue weighted by molar-refractivity contribution is 4.70. The molecule has 0 heterocycles. The van der Waals surface area contributed by atoms with E-state index in [9.17, 15) is 13.2 Å². The Labute approximate surface area is 89.1 Å². The maximum atomic E-state index is 12.0. The van der Waals surface area contributed by atoms with Crippen LogP contribution in [0.15, 0.2) is 0 Å². The molecule has 0 spiro atoms. The highest BCUT2D eigenvalue weighted by Gasteiger charge is 2.28. The van der Waals surface area contributed by atoms with Crippen molar-refractivity contribution in [3.63, 3.8) is 0 Å². The van der Waals surface area contributed by atoms with Gasteiger partial charge in [0.25, 0.3) is 0 Å². The second kappa shape index (κ2) is 7.06. The maximum Gasteiger partial charge on any atom is 0.390 e. The van der Waals surface area contributed by atoms with Crippen LogP contribution in [0.3, 0.4) is 0 Å². The SMILES string of the molecule is CCC(CC)N(CCO)CCC(F)(F)F. The molecular formula is C10H20F3NO. The fourth-order valence-electron chi connectivity index (χ4n) is 1.68. The Kier molecular flexibility index (Phi) is 6.92. The summed E-state index contributed by atoms with van der Waals surface area (Å²) in [6.45, 7) is 4.12. The third-order valence-electron chi connectivity index (χ3n) is 2.53. The summed E-state index contributed by atoms with van der Waals surface area (Å²) in [6, 6.07) is 0.138. The van der Waals surface area contributed by atoms with Crippen molar-refractivity contribution < 1.29 is 18.3 Å². The quantitative estimate of drug-likeness (QED) is 0.722.